The SMILES string of the molecule is C/C=C1/C(=O)N(C2CCC(=O)NC2=O)B/C1=C/C(=C\C)C(C)(C)C. The van der Waals surface area contributed by atoms with Crippen LogP contribution in [-0.4, -0.2) is 36.0 Å². The largest absolute Gasteiger partial charge is 0.370 e. The molecule has 0 aromatic rings. The van der Waals surface area contributed by atoms with Crippen molar-refractivity contribution in [1.29, 1.82) is 0 Å². The molecule has 0 aromatic heterocycles. The summed E-state index contributed by atoms with van der Waals surface area (Å²) in [5.41, 5.74) is 2.69. The van der Waals surface area contributed by atoms with Crippen LogP contribution in [0.3, 0.4) is 0 Å². The number of imide groups is 1. The highest BCUT2D eigenvalue weighted by molar-refractivity contribution is 6.55. The normalized spacial score (nSPS) is 26.2. The number of nitrogens with one attached hydrogen (secondary N) is 1. The Morgan fingerprint density at radius 2 is 1.92 bits per heavy atom. The Morgan fingerprint density at radius 3 is 2.42 bits per heavy atom. The molecule has 2 heterocycles. The Kier molecular flexibility index (Phi) is 5.16. The molecule has 2 aliphatic rings. The molecule has 0 saturated carbocycles. The summed E-state index contributed by atoms with van der Waals surface area (Å²) < 4.78 is 0. The number of nitrogens with zero attached hydrogens (tertiary/aromatic N) is 1. The standard InChI is InChI=1S/C18H25BN2O3/c1-6-11(18(3,4)5)10-13-12(7-2)17(24)21(19-13)14-8-9-15(22)20-16(14)23/h6-7,10,14,19H,8-9H2,1-5H3,(H,20,22,23)/b11-6+,12-7+,13-10+. The first-order valence-corrected chi connectivity index (χ1v) is 8.37. The van der Waals surface area contributed by atoms with Crippen LogP contribution in [0.2, 0.25) is 0 Å². The van der Waals surface area contributed by atoms with E-state index in [1.807, 2.05) is 13.8 Å². The Morgan fingerprint density at radius 1 is 1.25 bits per heavy atom. The minimum absolute atomic E-state index is 0.0221. The van der Waals surface area contributed by atoms with Gasteiger partial charge < -0.3 is 4.81 Å². The van der Waals surface area contributed by atoms with Crippen LogP contribution < -0.4 is 5.32 Å². The van der Waals surface area contributed by atoms with Gasteiger partial charge in [0.25, 0.3) is 7.41 Å². The van der Waals surface area contributed by atoms with Gasteiger partial charge in [0, 0.05) is 12.0 Å². The fourth-order valence-corrected chi connectivity index (χ4v) is 3.22. The van der Waals surface area contributed by atoms with Gasteiger partial charge in [-0.1, -0.05) is 39.0 Å². The van der Waals surface area contributed by atoms with E-state index in [2.05, 4.69) is 38.2 Å². The predicted molar refractivity (Wildman–Crippen MR) is 95.2 cm³/mol. The maximum Gasteiger partial charge on any atom is 0.275 e. The summed E-state index contributed by atoms with van der Waals surface area (Å²) in [7, 11) is 0.401. The maximum atomic E-state index is 12.7. The highest BCUT2D eigenvalue weighted by Gasteiger charge is 2.41. The van der Waals surface area contributed by atoms with Crippen molar-refractivity contribution in [2.45, 2.75) is 53.5 Å². The zero-order chi connectivity index (χ0) is 18.1. The number of hydrogen-bond acceptors (Lipinski definition) is 3. The van der Waals surface area contributed by atoms with E-state index in [4.69, 9.17) is 0 Å². The first-order chi connectivity index (χ1) is 11.2. The van der Waals surface area contributed by atoms with E-state index >= 15 is 0 Å². The first kappa shape index (κ1) is 18.2. The molecule has 6 heteroatoms. The molecule has 128 valence electrons. The van der Waals surface area contributed by atoms with Crippen LogP contribution in [0.4, 0.5) is 0 Å². The fourth-order valence-electron chi connectivity index (χ4n) is 3.22. The summed E-state index contributed by atoms with van der Waals surface area (Å²) in [4.78, 5) is 37.7. The van der Waals surface area contributed by atoms with Crippen molar-refractivity contribution in [1.82, 2.24) is 10.1 Å². The van der Waals surface area contributed by atoms with Gasteiger partial charge in [-0.15, -0.1) is 0 Å². The zero-order valence-electron chi connectivity index (χ0n) is 15.1. The lowest BCUT2D eigenvalue weighted by Crippen LogP contribution is -2.53. The van der Waals surface area contributed by atoms with Crippen molar-refractivity contribution >= 4 is 25.1 Å². The van der Waals surface area contributed by atoms with Crippen molar-refractivity contribution < 1.29 is 14.4 Å². The van der Waals surface area contributed by atoms with Crippen LogP contribution in [0.5, 0.6) is 0 Å². The van der Waals surface area contributed by atoms with Crippen molar-refractivity contribution in [2.75, 3.05) is 0 Å². The molecule has 2 saturated heterocycles. The number of carbonyl (C=O) groups is 3. The molecule has 0 spiro atoms. The molecular weight excluding hydrogens is 303 g/mol. The molecule has 0 radical (unpaired) electrons. The monoisotopic (exact) mass is 328 g/mol. The molecule has 2 rings (SSSR count). The lowest BCUT2D eigenvalue weighted by atomic mass is 9.75. The molecule has 0 aromatic carbocycles. The maximum absolute atomic E-state index is 12.7. The van der Waals surface area contributed by atoms with Crippen LogP contribution >= 0.6 is 0 Å². The van der Waals surface area contributed by atoms with Gasteiger partial charge in [-0.2, -0.15) is 0 Å². The van der Waals surface area contributed by atoms with Gasteiger partial charge in [-0.3, -0.25) is 19.7 Å². The number of piperidine rings is 1. The van der Waals surface area contributed by atoms with E-state index in [-0.39, 0.29) is 29.6 Å². The van der Waals surface area contributed by atoms with E-state index < -0.39 is 6.04 Å². The van der Waals surface area contributed by atoms with Gasteiger partial charge in [-0.05, 0) is 36.7 Å². The lowest BCUT2D eigenvalue weighted by molar-refractivity contribution is -0.140. The average molecular weight is 328 g/mol. The second kappa shape index (κ2) is 6.79. The van der Waals surface area contributed by atoms with Crippen molar-refractivity contribution in [2.24, 2.45) is 5.41 Å². The summed E-state index contributed by atoms with van der Waals surface area (Å²) in [6.45, 7) is 10.2. The highest BCUT2D eigenvalue weighted by Crippen LogP contribution is 2.32. The Bertz CT molecular complexity index is 668. The summed E-state index contributed by atoms with van der Waals surface area (Å²) in [5.74, 6) is -0.783. The Hall–Kier alpha value is -2.11. The number of rotatable bonds is 2. The third kappa shape index (κ3) is 3.52. The van der Waals surface area contributed by atoms with Crippen molar-refractivity contribution in [3.8, 4) is 0 Å². The van der Waals surface area contributed by atoms with E-state index in [0.717, 1.165) is 11.0 Å². The summed E-state index contributed by atoms with van der Waals surface area (Å²) >= 11 is 0. The number of allylic oxidation sites excluding steroid dienone is 4. The highest BCUT2D eigenvalue weighted by atomic mass is 16.2. The summed E-state index contributed by atoms with van der Waals surface area (Å²) in [5, 5.41) is 2.33. The number of carbonyl (C=O) groups excluding carboxylic acids is 3. The predicted octanol–water partition coefficient (Wildman–Crippen LogP) is 1.81. The van der Waals surface area contributed by atoms with Gasteiger partial charge >= 0.3 is 0 Å². The minimum Gasteiger partial charge on any atom is -0.370 e. The van der Waals surface area contributed by atoms with E-state index in [1.165, 1.54) is 0 Å². The fraction of sp³-hybridized carbons (Fsp3) is 0.500. The molecule has 0 bridgehead atoms. The van der Waals surface area contributed by atoms with Crippen LogP contribution in [0.1, 0.15) is 47.5 Å². The molecule has 0 aliphatic carbocycles. The number of hydrogen-bond donors (Lipinski definition) is 1. The first-order valence-electron chi connectivity index (χ1n) is 8.37. The zero-order valence-corrected chi connectivity index (χ0v) is 15.1. The smallest absolute Gasteiger partial charge is 0.275 e. The van der Waals surface area contributed by atoms with Gasteiger partial charge in [0.05, 0.1) is 0 Å². The molecular formula is C18H25BN2O3. The van der Waals surface area contributed by atoms with Crippen LogP contribution in [0.25, 0.3) is 0 Å². The molecule has 1 N–H and O–H groups in total. The molecule has 1 atom stereocenters. The van der Waals surface area contributed by atoms with E-state index in [1.54, 1.807) is 10.9 Å². The average Bonchev–Trinajstić information content (AvgIpc) is 2.79. The van der Waals surface area contributed by atoms with Crippen LogP contribution in [0.15, 0.2) is 34.8 Å². The van der Waals surface area contributed by atoms with Crippen LogP contribution in [-0.2, 0) is 14.4 Å². The Labute approximate surface area is 144 Å². The second-order valence-corrected chi connectivity index (χ2v) is 7.27. The topological polar surface area (TPSA) is 66.5 Å². The summed E-state index contributed by atoms with van der Waals surface area (Å²) in [6, 6.07) is -0.570. The van der Waals surface area contributed by atoms with E-state index in [0.29, 0.717) is 19.4 Å². The van der Waals surface area contributed by atoms with Gasteiger partial charge in [0.15, 0.2) is 0 Å². The third-order valence-electron chi connectivity index (χ3n) is 4.56. The van der Waals surface area contributed by atoms with Gasteiger partial charge in [-0.25, -0.2) is 0 Å². The molecule has 24 heavy (non-hydrogen) atoms. The molecule has 2 fully saturated rings. The Balaban J connectivity index is 2.33. The van der Waals surface area contributed by atoms with Crippen molar-refractivity contribution in [3.63, 3.8) is 0 Å². The molecule has 3 amide bonds. The molecule has 1 unspecified atom stereocenters. The lowest BCUT2D eigenvalue weighted by Gasteiger charge is -2.29. The quantitative estimate of drug-likeness (QED) is 0.478. The van der Waals surface area contributed by atoms with Crippen LogP contribution in [0, 0.1) is 5.41 Å². The van der Waals surface area contributed by atoms with Gasteiger partial charge in [0.2, 0.25) is 17.7 Å². The minimum atomic E-state index is -0.570. The third-order valence-corrected chi connectivity index (χ3v) is 4.56. The molecule has 2 aliphatic heterocycles. The van der Waals surface area contributed by atoms with E-state index in [9.17, 15) is 14.4 Å². The van der Waals surface area contributed by atoms with Crippen molar-refractivity contribution in [3.05, 3.63) is 34.8 Å². The summed E-state index contributed by atoms with van der Waals surface area (Å²) in [6.07, 6.45) is 6.57. The second-order valence-electron chi connectivity index (χ2n) is 7.27. The molecule has 5 nitrogen and oxygen atoms in total. The van der Waals surface area contributed by atoms with Gasteiger partial charge in [0.1, 0.15) is 6.04 Å². The number of amides is 3.